The Hall–Kier alpha value is -0.600. The Morgan fingerprint density at radius 3 is 2.40 bits per heavy atom. The number of aromatic nitrogens is 2. The summed E-state index contributed by atoms with van der Waals surface area (Å²) >= 11 is 0. The minimum absolute atomic E-state index is 0.0782. The molecule has 1 aromatic heterocycles. The Bertz CT molecular complexity index is 545. The molecule has 0 aromatic carbocycles. The molecule has 86 valence electrons. The molecule has 0 aliphatic heterocycles. The van der Waals surface area contributed by atoms with Gasteiger partial charge in [-0.15, -0.1) is 0 Å². The summed E-state index contributed by atoms with van der Waals surface area (Å²) in [7, 11) is -1.88. The number of aryl methyl sites for hydroxylation is 1. The van der Waals surface area contributed by atoms with Crippen molar-refractivity contribution in [2.24, 2.45) is 0 Å². The number of sulfone groups is 1. The monoisotopic (exact) mass is 272 g/mol. The van der Waals surface area contributed by atoms with Gasteiger partial charge >= 0.3 is 0 Å². The SMILES string of the molecule is CS(=O)(=O)CCn1cnc(S(=O)(=O)Cl)c1. The summed E-state index contributed by atoms with van der Waals surface area (Å²) in [5.41, 5.74) is 0. The van der Waals surface area contributed by atoms with Crippen LogP contribution in [0.4, 0.5) is 0 Å². The van der Waals surface area contributed by atoms with Crippen LogP contribution in [0.15, 0.2) is 17.6 Å². The quantitative estimate of drug-likeness (QED) is 0.712. The first-order valence-electron chi connectivity index (χ1n) is 3.83. The average Bonchev–Trinajstić information content (AvgIpc) is 2.45. The van der Waals surface area contributed by atoms with Gasteiger partial charge in [-0.1, -0.05) is 0 Å². The van der Waals surface area contributed by atoms with E-state index in [1.165, 1.54) is 17.1 Å². The number of hydrogen-bond acceptors (Lipinski definition) is 5. The zero-order valence-corrected chi connectivity index (χ0v) is 10.2. The molecule has 0 radical (unpaired) electrons. The van der Waals surface area contributed by atoms with E-state index in [0.717, 1.165) is 6.26 Å². The van der Waals surface area contributed by atoms with E-state index < -0.39 is 18.9 Å². The first-order valence-corrected chi connectivity index (χ1v) is 8.19. The van der Waals surface area contributed by atoms with E-state index in [-0.39, 0.29) is 17.3 Å². The highest BCUT2D eigenvalue weighted by atomic mass is 35.7. The van der Waals surface area contributed by atoms with Gasteiger partial charge in [-0.3, -0.25) is 0 Å². The van der Waals surface area contributed by atoms with Crippen molar-refractivity contribution in [3.05, 3.63) is 12.5 Å². The molecule has 0 atom stereocenters. The van der Waals surface area contributed by atoms with E-state index in [1.807, 2.05) is 0 Å². The molecule has 0 saturated heterocycles. The zero-order chi connectivity index (χ0) is 11.7. The summed E-state index contributed by atoms with van der Waals surface area (Å²) in [6, 6.07) is 0. The van der Waals surface area contributed by atoms with Crippen LogP contribution in [0.5, 0.6) is 0 Å². The van der Waals surface area contributed by atoms with Crippen molar-refractivity contribution in [1.82, 2.24) is 9.55 Å². The Morgan fingerprint density at radius 2 is 2.00 bits per heavy atom. The third-order valence-electron chi connectivity index (χ3n) is 1.58. The summed E-state index contributed by atoms with van der Waals surface area (Å²) < 4.78 is 44.7. The van der Waals surface area contributed by atoms with Crippen LogP contribution in [0.1, 0.15) is 0 Å². The molecule has 1 rings (SSSR count). The smallest absolute Gasteiger partial charge is 0.280 e. The molecule has 0 aliphatic carbocycles. The Labute approximate surface area is 92.2 Å². The minimum Gasteiger partial charge on any atom is -0.335 e. The molecule has 0 N–H and O–H groups in total. The van der Waals surface area contributed by atoms with Crippen LogP contribution in [0, 0.1) is 0 Å². The van der Waals surface area contributed by atoms with E-state index in [2.05, 4.69) is 4.98 Å². The van der Waals surface area contributed by atoms with Gasteiger partial charge in [0.1, 0.15) is 9.84 Å². The molecule has 15 heavy (non-hydrogen) atoms. The zero-order valence-electron chi connectivity index (χ0n) is 7.79. The van der Waals surface area contributed by atoms with E-state index in [9.17, 15) is 16.8 Å². The molecule has 9 heteroatoms. The first-order chi connectivity index (χ1) is 6.68. The molecule has 0 unspecified atom stereocenters. The minimum atomic E-state index is -3.84. The molecule has 0 amide bonds. The molecule has 0 spiro atoms. The van der Waals surface area contributed by atoms with Crippen LogP contribution in [0.3, 0.4) is 0 Å². The second-order valence-electron chi connectivity index (χ2n) is 3.02. The van der Waals surface area contributed by atoms with Crippen LogP contribution in [-0.2, 0) is 25.4 Å². The third-order valence-corrected chi connectivity index (χ3v) is 3.69. The van der Waals surface area contributed by atoms with Gasteiger partial charge in [-0.05, 0) is 0 Å². The van der Waals surface area contributed by atoms with Gasteiger partial charge in [-0.2, -0.15) is 0 Å². The van der Waals surface area contributed by atoms with E-state index in [4.69, 9.17) is 10.7 Å². The lowest BCUT2D eigenvalue weighted by Crippen LogP contribution is -2.09. The van der Waals surface area contributed by atoms with Crippen molar-refractivity contribution < 1.29 is 16.8 Å². The molecule has 0 saturated carbocycles. The van der Waals surface area contributed by atoms with Crippen molar-refractivity contribution >= 4 is 29.6 Å². The average molecular weight is 273 g/mol. The number of rotatable bonds is 4. The maximum absolute atomic E-state index is 10.8. The van der Waals surface area contributed by atoms with E-state index >= 15 is 0 Å². The van der Waals surface area contributed by atoms with Crippen LogP contribution in [0.2, 0.25) is 0 Å². The number of hydrogen-bond donors (Lipinski definition) is 0. The third kappa shape index (κ3) is 4.18. The van der Waals surface area contributed by atoms with E-state index in [1.54, 1.807) is 0 Å². The van der Waals surface area contributed by atoms with Gasteiger partial charge in [-0.25, -0.2) is 21.8 Å². The lowest BCUT2D eigenvalue weighted by atomic mass is 10.7. The highest BCUT2D eigenvalue weighted by Gasteiger charge is 2.13. The van der Waals surface area contributed by atoms with Crippen molar-refractivity contribution in [3.8, 4) is 0 Å². The van der Waals surface area contributed by atoms with Crippen molar-refractivity contribution in [2.45, 2.75) is 11.6 Å². The molecule has 1 heterocycles. The summed E-state index contributed by atoms with van der Waals surface area (Å²) in [4.78, 5) is 3.54. The molecule has 1 aromatic rings. The number of halogens is 1. The highest BCUT2D eigenvalue weighted by Crippen LogP contribution is 2.11. The molecular formula is C6H9ClN2O4S2. The van der Waals surface area contributed by atoms with Crippen LogP contribution in [0.25, 0.3) is 0 Å². The predicted octanol–water partition coefficient (Wildman–Crippen LogP) is -0.145. The van der Waals surface area contributed by atoms with Crippen LogP contribution in [-0.4, -0.2) is 38.4 Å². The van der Waals surface area contributed by atoms with Gasteiger partial charge in [0.2, 0.25) is 0 Å². The Balaban J connectivity index is 2.79. The maximum Gasteiger partial charge on any atom is 0.280 e. The van der Waals surface area contributed by atoms with Crippen LogP contribution < -0.4 is 0 Å². The summed E-state index contributed by atoms with van der Waals surface area (Å²) in [6.07, 6.45) is 3.51. The normalized spacial score (nSPS) is 12.9. The lowest BCUT2D eigenvalue weighted by molar-refractivity contribution is 0.594. The van der Waals surface area contributed by atoms with Gasteiger partial charge in [0.15, 0.2) is 5.03 Å². The molecular weight excluding hydrogens is 264 g/mol. The van der Waals surface area contributed by atoms with Crippen molar-refractivity contribution in [3.63, 3.8) is 0 Å². The van der Waals surface area contributed by atoms with Gasteiger partial charge < -0.3 is 4.57 Å². The first kappa shape index (κ1) is 12.5. The van der Waals surface area contributed by atoms with Gasteiger partial charge in [0, 0.05) is 29.7 Å². The lowest BCUT2D eigenvalue weighted by Gasteiger charge is -1.98. The molecule has 0 bridgehead atoms. The summed E-state index contributed by atoms with van der Waals surface area (Å²) in [5.74, 6) is -0.0782. The number of imidazole rings is 1. The van der Waals surface area contributed by atoms with Crippen molar-refractivity contribution in [1.29, 1.82) is 0 Å². The summed E-state index contributed by atoms with van der Waals surface area (Å²) in [6.45, 7) is 0.151. The van der Waals surface area contributed by atoms with Gasteiger partial charge in [0.05, 0.1) is 12.1 Å². The Morgan fingerprint density at radius 1 is 1.40 bits per heavy atom. The fourth-order valence-corrected chi connectivity index (χ4v) is 2.07. The van der Waals surface area contributed by atoms with Crippen molar-refractivity contribution in [2.75, 3.05) is 12.0 Å². The largest absolute Gasteiger partial charge is 0.335 e. The standard InChI is InChI=1S/C6H9ClN2O4S2/c1-14(10,11)3-2-9-4-6(8-5-9)15(7,12)13/h4-5H,2-3H2,1H3. The maximum atomic E-state index is 10.8. The molecule has 0 aliphatic rings. The molecule has 0 fully saturated rings. The summed E-state index contributed by atoms with van der Waals surface area (Å²) in [5, 5.41) is -0.280. The fraction of sp³-hybridized carbons (Fsp3) is 0.500. The van der Waals surface area contributed by atoms with Crippen LogP contribution >= 0.6 is 10.7 Å². The predicted molar refractivity (Wildman–Crippen MR) is 55.0 cm³/mol. The van der Waals surface area contributed by atoms with Gasteiger partial charge in [0.25, 0.3) is 9.05 Å². The second kappa shape index (κ2) is 4.11. The second-order valence-corrected chi connectivity index (χ2v) is 7.79. The number of nitrogens with zero attached hydrogens (tertiary/aromatic N) is 2. The topological polar surface area (TPSA) is 86.1 Å². The van der Waals surface area contributed by atoms with E-state index in [0.29, 0.717) is 0 Å². The molecule has 6 nitrogen and oxygen atoms in total. The Kier molecular flexibility index (Phi) is 3.41. The highest BCUT2D eigenvalue weighted by molar-refractivity contribution is 8.13. The fourth-order valence-electron chi connectivity index (χ4n) is 0.859.